The number of nitrogens with zero attached hydrogens (tertiary/aromatic N) is 3. The van der Waals surface area contributed by atoms with Gasteiger partial charge in [-0.2, -0.15) is 4.98 Å². The molecular weight excluding hydrogens is 256 g/mol. The van der Waals surface area contributed by atoms with Crippen LogP contribution in [0.25, 0.3) is 0 Å². The van der Waals surface area contributed by atoms with Gasteiger partial charge in [-0.15, -0.1) is 0 Å². The number of aliphatic hydroxyl groups excluding tert-OH is 1. The molecule has 17 heavy (non-hydrogen) atoms. The molecule has 5 nitrogen and oxygen atoms in total. The van der Waals surface area contributed by atoms with Crippen molar-refractivity contribution in [3.8, 4) is 6.01 Å². The van der Waals surface area contributed by atoms with E-state index in [-0.39, 0.29) is 30.0 Å². The van der Waals surface area contributed by atoms with Crippen molar-refractivity contribution in [2.24, 2.45) is 0 Å². The summed E-state index contributed by atoms with van der Waals surface area (Å²) in [5.74, 6) is 0.118. The molecule has 0 aliphatic rings. The largest absolute Gasteiger partial charge is 0.467 e. The zero-order valence-electron chi connectivity index (χ0n) is 9.11. The quantitative estimate of drug-likeness (QED) is 0.839. The molecule has 1 N–H and O–H groups in total. The Morgan fingerprint density at radius 3 is 2.82 bits per heavy atom. The van der Waals surface area contributed by atoms with Crippen molar-refractivity contribution in [1.29, 1.82) is 0 Å². The van der Waals surface area contributed by atoms with Crippen LogP contribution >= 0.6 is 11.6 Å². The highest BCUT2D eigenvalue weighted by Gasteiger charge is 2.17. The van der Waals surface area contributed by atoms with Gasteiger partial charge in [0, 0.05) is 6.54 Å². The van der Waals surface area contributed by atoms with Gasteiger partial charge in [0.1, 0.15) is 5.02 Å². The van der Waals surface area contributed by atoms with E-state index in [1.807, 2.05) is 0 Å². The monoisotopic (exact) mass is 267 g/mol. The van der Waals surface area contributed by atoms with Crippen molar-refractivity contribution in [2.45, 2.75) is 6.43 Å². The minimum Gasteiger partial charge on any atom is -0.467 e. The van der Waals surface area contributed by atoms with Crippen LogP contribution < -0.4 is 9.64 Å². The maximum atomic E-state index is 12.4. The average Bonchev–Trinajstić information content (AvgIpc) is 2.28. The lowest BCUT2D eigenvalue weighted by molar-refractivity contribution is 0.152. The molecule has 0 amide bonds. The summed E-state index contributed by atoms with van der Waals surface area (Å²) < 4.78 is 29.5. The van der Waals surface area contributed by atoms with E-state index < -0.39 is 13.0 Å². The summed E-state index contributed by atoms with van der Waals surface area (Å²) in [4.78, 5) is 8.79. The summed E-state index contributed by atoms with van der Waals surface area (Å²) in [5, 5.41) is 8.95. The lowest BCUT2D eigenvalue weighted by atomic mass is 10.4. The van der Waals surface area contributed by atoms with Gasteiger partial charge in [0.15, 0.2) is 5.82 Å². The molecule has 0 atom stereocenters. The molecule has 0 unspecified atom stereocenters. The molecule has 0 saturated heterocycles. The van der Waals surface area contributed by atoms with Gasteiger partial charge in [0.2, 0.25) is 0 Å². The van der Waals surface area contributed by atoms with Crippen molar-refractivity contribution < 1.29 is 18.6 Å². The minimum absolute atomic E-state index is 0.00419. The molecule has 0 spiro atoms. The van der Waals surface area contributed by atoms with Crippen molar-refractivity contribution >= 4 is 17.4 Å². The minimum atomic E-state index is -2.56. The van der Waals surface area contributed by atoms with Gasteiger partial charge in [0.05, 0.1) is 26.5 Å². The Hall–Kier alpha value is -1.21. The van der Waals surface area contributed by atoms with Gasteiger partial charge in [0.25, 0.3) is 6.43 Å². The van der Waals surface area contributed by atoms with E-state index in [1.165, 1.54) is 18.2 Å². The van der Waals surface area contributed by atoms with Crippen molar-refractivity contribution in [2.75, 3.05) is 31.7 Å². The van der Waals surface area contributed by atoms with Crippen LogP contribution in [0.2, 0.25) is 5.02 Å². The molecule has 1 aromatic heterocycles. The second kappa shape index (κ2) is 6.51. The third-order valence-corrected chi connectivity index (χ3v) is 2.18. The fourth-order valence-corrected chi connectivity index (χ4v) is 1.44. The Balaban J connectivity index is 2.98. The lowest BCUT2D eigenvalue weighted by Gasteiger charge is -2.23. The smallest absolute Gasteiger partial charge is 0.318 e. The number of anilines is 1. The Bertz CT molecular complexity index is 368. The Labute approximate surface area is 102 Å². The van der Waals surface area contributed by atoms with Crippen LogP contribution in [-0.4, -0.2) is 48.3 Å². The molecule has 8 heteroatoms. The second-order valence-corrected chi connectivity index (χ2v) is 3.50. The summed E-state index contributed by atoms with van der Waals surface area (Å²) in [7, 11) is 1.36. The first-order chi connectivity index (χ1) is 8.08. The lowest BCUT2D eigenvalue weighted by Crippen LogP contribution is -2.32. The normalized spacial score (nSPS) is 10.7. The molecule has 1 heterocycles. The van der Waals surface area contributed by atoms with Gasteiger partial charge in [-0.05, 0) is 0 Å². The van der Waals surface area contributed by atoms with E-state index in [0.29, 0.717) is 0 Å². The fraction of sp³-hybridized carbons (Fsp3) is 0.556. The fourth-order valence-electron chi connectivity index (χ4n) is 1.23. The summed E-state index contributed by atoms with van der Waals surface area (Å²) in [6, 6.07) is 0.0293. The first-order valence-electron chi connectivity index (χ1n) is 4.79. The Morgan fingerprint density at radius 2 is 2.29 bits per heavy atom. The molecular formula is C9H12ClF2N3O2. The van der Waals surface area contributed by atoms with E-state index >= 15 is 0 Å². The van der Waals surface area contributed by atoms with Crippen LogP contribution in [0.15, 0.2) is 6.20 Å². The highest BCUT2D eigenvalue weighted by molar-refractivity contribution is 6.32. The molecule has 0 bridgehead atoms. The van der Waals surface area contributed by atoms with Crippen molar-refractivity contribution in [3.05, 3.63) is 11.2 Å². The number of hydrogen-bond acceptors (Lipinski definition) is 5. The first kappa shape index (κ1) is 13.9. The molecule has 1 aromatic rings. The summed E-state index contributed by atoms with van der Waals surface area (Å²) in [6.07, 6.45) is -1.29. The van der Waals surface area contributed by atoms with Gasteiger partial charge in [-0.3, -0.25) is 0 Å². The van der Waals surface area contributed by atoms with Crippen molar-refractivity contribution in [3.63, 3.8) is 0 Å². The van der Waals surface area contributed by atoms with Crippen LogP contribution in [0.5, 0.6) is 6.01 Å². The molecule has 0 aliphatic carbocycles. The van der Waals surface area contributed by atoms with E-state index in [0.717, 1.165) is 0 Å². The number of aliphatic hydroxyl groups is 1. The van der Waals surface area contributed by atoms with Gasteiger partial charge in [-0.25, -0.2) is 13.8 Å². The van der Waals surface area contributed by atoms with Gasteiger partial charge < -0.3 is 14.7 Å². The number of hydrogen-bond donors (Lipinski definition) is 1. The van der Waals surface area contributed by atoms with E-state index in [2.05, 4.69) is 9.97 Å². The Morgan fingerprint density at radius 1 is 1.59 bits per heavy atom. The third-order valence-electron chi connectivity index (χ3n) is 1.91. The summed E-state index contributed by atoms with van der Waals surface area (Å²) >= 11 is 5.82. The zero-order chi connectivity index (χ0) is 12.8. The van der Waals surface area contributed by atoms with Crippen LogP contribution in [0.4, 0.5) is 14.6 Å². The highest BCUT2D eigenvalue weighted by Crippen LogP contribution is 2.24. The number of ether oxygens (including phenoxy) is 1. The molecule has 0 fully saturated rings. The number of methoxy groups -OCH3 is 1. The van der Waals surface area contributed by atoms with Crippen LogP contribution in [0.1, 0.15) is 0 Å². The van der Waals surface area contributed by atoms with Crippen LogP contribution in [0, 0.1) is 0 Å². The molecule has 96 valence electrons. The number of aromatic nitrogens is 2. The Kier molecular flexibility index (Phi) is 5.30. The molecule has 0 aliphatic heterocycles. The zero-order valence-corrected chi connectivity index (χ0v) is 9.86. The van der Waals surface area contributed by atoms with Gasteiger partial charge >= 0.3 is 6.01 Å². The predicted octanol–water partition coefficient (Wildman–Crippen LogP) is 1.20. The standard InChI is InChI=1S/C9H12ClF2N3O2/c1-17-9-13-4-6(10)8(14-9)15(2-3-16)5-7(11)12/h4,7,16H,2-3,5H2,1H3. The second-order valence-electron chi connectivity index (χ2n) is 3.09. The molecule has 1 rings (SSSR count). The first-order valence-corrected chi connectivity index (χ1v) is 5.16. The maximum absolute atomic E-state index is 12.4. The van der Waals surface area contributed by atoms with Crippen LogP contribution in [-0.2, 0) is 0 Å². The predicted molar refractivity (Wildman–Crippen MR) is 58.9 cm³/mol. The average molecular weight is 268 g/mol. The SMILES string of the molecule is COc1ncc(Cl)c(N(CCO)CC(F)F)n1. The maximum Gasteiger partial charge on any atom is 0.318 e. The van der Waals surface area contributed by atoms with E-state index in [9.17, 15) is 8.78 Å². The summed E-state index contributed by atoms with van der Waals surface area (Å²) in [6.45, 7) is -0.847. The van der Waals surface area contributed by atoms with E-state index in [4.69, 9.17) is 21.4 Å². The molecule has 0 saturated carbocycles. The third kappa shape index (κ3) is 3.94. The summed E-state index contributed by atoms with van der Waals surface area (Å²) in [5.41, 5.74) is 0. The number of halogens is 3. The van der Waals surface area contributed by atoms with Crippen molar-refractivity contribution in [1.82, 2.24) is 9.97 Å². The van der Waals surface area contributed by atoms with E-state index in [1.54, 1.807) is 0 Å². The van der Waals surface area contributed by atoms with Crippen LogP contribution in [0.3, 0.4) is 0 Å². The molecule has 0 aromatic carbocycles. The molecule has 0 radical (unpaired) electrons. The highest BCUT2D eigenvalue weighted by atomic mass is 35.5. The number of alkyl halides is 2. The van der Waals surface area contributed by atoms with Gasteiger partial charge in [-0.1, -0.05) is 11.6 Å². The number of rotatable bonds is 6. The topological polar surface area (TPSA) is 58.5 Å².